The highest BCUT2D eigenvalue weighted by atomic mass is 16.5. The molecule has 2 heterocycles. The van der Waals surface area contributed by atoms with Gasteiger partial charge in [-0.2, -0.15) is 0 Å². The number of methoxy groups -OCH3 is 1. The van der Waals surface area contributed by atoms with Crippen molar-refractivity contribution in [3.8, 4) is 0 Å². The van der Waals surface area contributed by atoms with Crippen LogP contribution in [0, 0.1) is 0 Å². The van der Waals surface area contributed by atoms with Crippen LogP contribution >= 0.6 is 0 Å². The summed E-state index contributed by atoms with van der Waals surface area (Å²) in [6.07, 6.45) is 4.66. The van der Waals surface area contributed by atoms with Crippen LogP contribution < -0.4 is 0 Å². The number of rotatable bonds is 3. The fourth-order valence-corrected chi connectivity index (χ4v) is 3.78. The zero-order valence-electron chi connectivity index (χ0n) is 11.9. The standard InChI is InChI=1S/C14H26N2O2/c1-12(17)16-9-5-7-14(2)13(16)6-4-8-15(14)10-11-18-3/h13H,4-11H2,1-3H3/t13-,14+/m1/s1. The van der Waals surface area contributed by atoms with Crippen LogP contribution in [0.15, 0.2) is 0 Å². The number of carbonyl (C=O) groups excluding carboxylic acids is 1. The third kappa shape index (κ3) is 2.41. The molecule has 2 saturated heterocycles. The molecule has 104 valence electrons. The molecule has 2 aliphatic rings. The lowest BCUT2D eigenvalue weighted by Crippen LogP contribution is -2.67. The van der Waals surface area contributed by atoms with Crippen LogP contribution in [0.25, 0.3) is 0 Å². The number of piperidine rings is 2. The monoisotopic (exact) mass is 254 g/mol. The first-order valence-corrected chi connectivity index (χ1v) is 7.11. The van der Waals surface area contributed by atoms with Gasteiger partial charge in [-0.25, -0.2) is 0 Å². The highest BCUT2D eigenvalue weighted by Crippen LogP contribution is 2.38. The molecule has 0 spiro atoms. The fourth-order valence-electron chi connectivity index (χ4n) is 3.78. The summed E-state index contributed by atoms with van der Waals surface area (Å²) in [5.74, 6) is 0.236. The topological polar surface area (TPSA) is 32.8 Å². The highest BCUT2D eigenvalue weighted by molar-refractivity contribution is 5.74. The molecule has 0 unspecified atom stereocenters. The molecular weight excluding hydrogens is 228 g/mol. The molecule has 0 radical (unpaired) electrons. The van der Waals surface area contributed by atoms with Crippen LogP contribution in [0.4, 0.5) is 0 Å². The molecule has 2 rings (SSSR count). The van der Waals surface area contributed by atoms with Crippen LogP contribution in [0.1, 0.15) is 39.5 Å². The largest absolute Gasteiger partial charge is 0.383 e. The molecule has 0 aromatic carbocycles. The molecule has 18 heavy (non-hydrogen) atoms. The summed E-state index contributed by atoms with van der Waals surface area (Å²) in [4.78, 5) is 16.4. The Kier molecular flexibility index (Phi) is 4.28. The summed E-state index contributed by atoms with van der Waals surface area (Å²) < 4.78 is 5.22. The predicted molar refractivity (Wildman–Crippen MR) is 71.5 cm³/mol. The second-order valence-electron chi connectivity index (χ2n) is 5.81. The van der Waals surface area contributed by atoms with Crippen molar-refractivity contribution >= 4 is 5.91 Å². The molecule has 0 bridgehead atoms. The van der Waals surface area contributed by atoms with E-state index in [4.69, 9.17) is 4.74 Å². The van der Waals surface area contributed by atoms with E-state index < -0.39 is 0 Å². The van der Waals surface area contributed by atoms with Gasteiger partial charge < -0.3 is 9.64 Å². The zero-order chi connectivity index (χ0) is 13.2. The molecule has 0 aromatic heterocycles. The van der Waals surface area contributed by atoms with Gasteiger partial charge in [-0.05, 0) is 39.2 Å². The Labute approximate surface area is 110 Å². The maximum Gasteiger partial charge on any atom is 0.219 e. The number of hydrogen-bond acceptors (Lipinski definition) is 3. The lowest BCUT2D eigenvalue weighted by molar-refractivity contribution is -0.142. The van der Waals surface area contributed by atoms with Gasteiger partial charge >= 0.3 is 0 Å². The third-order valence-corrected chi connectivity index (χ3v) is 4.77. The first kappa shape index (κ1) is 13.8. The molecule has 0 saturated carbocycles. The van der Waals surface area contributed by atoms with Gasteiger partial charge in [-0.3, -0.25) is 9.69 Å². The second kappa shape index (κ2) is 5.57. The van der Waals surface area contributed by atoms with Gasteiger partial charge in [-0.15, -0.1) is 0 Å². The summed E-state index contributed by atoms with van der Waals surface area (Å²) in [5, 5.41) is 0. The van der Waals surface area contributed by atoms with Gasteiger partial charge in [0.05, 0.1) is 6.61 Å². The Bertz CT molecular complexity index is 308. The van der Waals surface area contributed by atoms with Crippen molar-refractivity contribution in [3.05, 3.63) is 0 Å². The second-order valence-corrected chi connectivity index (χ2v) is 5.81. The van der Waals surface area contributed by atoms with E-state index in [0.29, 0.717) is 6.04 Å². The van der Waals surface area contributed by atoms with Gasteiger partial charge in [0.2, 0.25) is 5.91 Å². The van der Waals surface area contributed by atoms with Crippen LogP contribution in [-0.4, -0.2) is 60.6 Å². The van der Waals surface area contributed by atoms with Gasteiger partial charge in [0.1, 0.15) is 0 Å². The van der Waals surface area contributed by atoms with E-state index in [2.05, 4.69) is 16.7 Å². The Hall–Kier alpha value is -0.610. The SMILES string of the molecule is COCCN1CCC[C@H]2N(C(C)=O)CCC[C@@]21C. The van der Waals surface area contributed by atoms with Crippen molar-refractivity contribution in [1.82, 2.24) is 9.80 Å². The maximum atomic E-state index is 11.8. The van der Waals surface area contributed by atoms with E-state index in [0.717, 1.165) is 39.1 Å². The van der Waals surface area contributed by atoms with Gasteiger partial charge in [-0.1, -0.05) is 0 Å². The van der Waals surface area contributed by atoms with E-state index in [1.807, 2.05) is 0 Å². The molecule has 4 heteroatoms. The molecule has 2 fully saturated rings. The minimum Gasteiger partial charge on any atom is -0.383 e. The maximum absolute atomic E-state index is 11.8. The van der Waals surface area contributed by atoms with E-state index in [1.165, 1.54) is 12.8 Å². The summed E-state index contributed by atoms with van der Waals surface area (Å²) in [7, 11) is 1.76. The summed E-state index contributed by atoms with van der Waals surface area (Å²) in [5.41, 5.74) is 0.153. The molecule has 1 amide bonds. The number of hydrogen-bond donors (Lipinski definition) is 0. The van der Waals surface area contributed by atoms with Crippen molar-refractivity contribution in [2.24, 2.45) is 0 Å². The summed E-state index contributed by atoms with van der Waals surface area (Å²) in [6, 6.07) is 0.398. The lowest BCUT2D eigenvalue weighted by atomic mass is 9.76. The van der Waals surface area contributed by atoms with Gasteiger partial charge in [0.25, 0.3) is 0 Å². The molecule has 2 aliphatic heterocycles. The molecular formula is C14H26N2O2. The fraction of sp³-hybridized carbons (Fsp3) is 0.929. The number of carbonyl (C=O) groups is 1. The van der Waals surface area contributed by atoms with Crippen LogP contribution in [0.3, 0.4) is 0 Å². The molecule has 0 aromatic rings. The van der Waals surface area contributed by atoms with Crippen LogP contribution in [-0.2, 0) is 9.53 Å². The number of amides is 1. The van der Waals surface area contributed by atoms with E-state index in [1.54, 1.807) is 14.0 Å². The van der Waals surface area contributed by atoms with E-state index in [9.17, 15) is 4.79 Å². The number of nitrogens with zero attached hydrogens (tertiary/aromatic N) is 2. The number of likely N-dealkylation sites (tertiary alicyclic amines) is 2. The minimum atomic E-state index is 0.153. The molecule has 0 aliphatic carbocycles. The smallest absolute Gasteiger partial charge is 0.219 e. The molecule has 0 N–H and O–H groups in total. The van der Waals surface area contributed by atoms with Crippen LogP contribution in [0.2, 0.25) is 0 Å². The van der Waals surface area contributed by atoms with Crippen molar-refractivity contribution in [2.75, 3.05) is 33.4 Å². The Morgan fingerprint density at radius 2 is 2.17 bits per heavy atom. The molecule has 2 atom stereocenters. The summed E-state index contributed by atoms with van der Waals surface area (Å²) in [6.45, 7) is 7.88. The summed E-state index contributed by atoms with van der Waals surface area (Å²) >= 11 is 0. The Balaban J connectivity index is 2.15. The van der Waals surface area contributed by atoms with Crippen molar-refractivity contribution in [1.29, 1.82) is 0 Å². The Morgan fingerprint density at radius 3 is 2.83 bits per heavy atom. The molecule has 4 nitrogen and oxygen atoms in total. The lowest BCUT2D eigenvalue weighted by Gasteiger charge is -2.56. The minimum absolute atomic E-state index is 0.153. The predicted octanol–water partition coefficient (Wildman–Crippen LogP) is 1.50. The first-order valence-electron chi connectivity index (χ1n) is 7.11. The van der Waals surface area contributed by atoms with Crippen molar-refractivity contribution in [2.45, 2.75) is 51.1 Å². The third-order valence-electron chi connectivity index (χ3n) is 4.77. The number of fused-ring (bicyclic) bond motifs is 1. The average Bonchev–Trinajstić information content (AvgIpc) is 2.34. The quantitative estimate of drug-likeness (QED) is 0.765. The van der Waals surface area contributed by atoms with Crippen LogP contribution in [0.5, 0.6) is 0 Å². The number of ether oxygens (including phenoxy) is 1. The van der Waals surface area contributed by atoms with Gasteiger partial charge in [0, 0.05) is 38.7 Å². The Morgan fingerprint density at radius 1 is 1.39 bits per heavy atom. The van der Waals surface area contributed by atoms with Crippen molar-refractivity contribution < 1.29 is 9.53 Å². The normalized spacial score (nSPS) is 33.3. The average molecular weight is 254 g/mol. The van der Waals surface area contributed by atoms with E-state index >= 15 is 0 Å². The highest BCUT2D eigenvalue weighted by Gasteiger charge is 2.47. The van der Waals surface area contributed by atoms with Crippen molar-refractivity contribution in [3.63, 3.8) is 0 Å². The first-order chi connectivity index (χ1) is 8.59. The zero-order valence-corrected chi connectivity index (χ0v) is 11.9. The van der Waals surface area contributed by atoms with Gasteiger partial charge in [0.15, 0.2) is 0 Å². The van der Waals surface area contributed by atoms with E-state index in [-0.39, 0.29) is 11.4 Å².